The fourth-order valence-electron chi connectivity index (χ4n) is 0.985. The minimum Gasteiger partial charge on any atom is -0.483 e. The summed E-state index contributed by atoms with van der Waals surface area (Å²) in [6, 6.07) is 6.16. The van der Waals surface area contributed by atoms with Crippen LogP contribution in [0.1, 0.15) is 10.4 Å². The summed E-state index contributed by atoms with van der Waals surface area (Å²) in [5.74, 6) is -1.20. The van der Waals surface area contributed by atoms with Crippen molar-refractivity contribution in [3.63, 3.8) is 0 Å². The molecule has 0 saturated heterocycles. The molecule has 1 aromatic rings. The molecule has 0 aromatic heterocycles. The highest BCUT2D eigenvalue weighted by molar-refractivity contribution is 5.91. The number of rotatable bonds is 4. The smallest absolute Gasteiger partial charge is 0.339 e. The Hall–Kier alpha value is -2.04. The van der Waals surface area contributed by atoms with E-state index >= 15 is 0 Å². The average molecular weight is 209 g/mol. The van der Waals surface area contributed by atoms with Gasteiger partial charge in [0.2, 0.25) is 0 Å². The van der Waals surface area contributed by atoms with Gasteiger partial charge in [-0.1, -0.05) is 12.1 Å². The van der Waals surface area contributed by atoms with E-state index in [0.717, 1.165) is 0 Å². The third kappa shape index (κ3) is 2.98. The Morgan fingerprint density at radius 2 is 2.07 bits per heavy atom. The number of likely N-dealkylation sites (N-methyl/N-ethyl adjacent to an activating group) is 1. The molecule has 15 heavy (non-hydrogen) atoms. The van der Waals surface area contributed by atoms with E-state index in [2.05, 4.69) is 5.32 Å². The van der Waals surface area contributed by atoms with Crippen LogP contribution in [0.5, 0.6) is 5.75 Å². The summed E-state index contributed by atoms with van der Waals surface area (Å²) in [5.41, 5.74) is 0.0430. The van der Waals surface area contributed by atoms with E-state index in [0.29, 0.717) is 0 Å². The molecule has 0 aliphatic heterocycles. The van der Waals surface area contributed by atoms with E-state index in [1.54, 1.807) is 12.1 Å². The number of hydrogen-bond acceptors (Lipinski definition) is 3. The van der Waals surface area contributed by atoms with E-state index < -0.39 is 5.97 Å². The van der Waals surface area contributed by atoms with Crippen molar-refractivity contribution in [2.75, 3.05) is 13.7 Å². The normalized spacial score (nSPS) is 9.40. The standard InChI is InChI=1S/C10H11NO4/c1-11-9(12)6-15-8-5-3-2-4-7(8)10(13)14/h2-5H,6H2,1H3,(H,11,12)(H,13,14). The molecule has 0 bridgehead atoms. The molecule has 0 saturated carbocycles. The van der Waals surface area contributed by atoms with Gasteiger partial charge in [-0.3, -0.25) is 4.79 Å². The van der Waals surface area contributed by atoms with Gasteiger partial charge in [0, 0.05) is 7.05 Å². The Kier molecular flexibility index (Phi) is 3.68. The first-order valence-electron chi connectivity index (χ1n) is 4.31. The zero-order valence-electron chi connectivity index (χ0n) is 8.19. The van der Waals surface area contributed by atoms with E-state index in [1.807, 2.05) is 0 Å². The highest BCUT2D eigenvalue weighted by atomic mass is 16.5. The molecule has 0 heterocycles. The molecule has 2 N–H and O–H groups in total. The number of para-hydroxylation sites is 1. The lowest BCUT2D eigenvalue weighted by molar-refractivity contribution is -0.122. The molecule has 0 fully saturated rings. The van der Waals surface area contributed by atoms with Gasteiger partial charge in [0.25, 0.3) is 5.91 Å². The maximum absolute atomic E-state index is 10.9. The van der Waals surface area contributed by atoms with Gasteiger partial charge < -0.3 is 15.2 Å². The maximum atomic E-state index is 10.9. The second kappa shape index (κ2) is 4.99. The topological polar surface area (TPSA) is 75.6 Å². The molecule has 5 nitrogen and oxygen atoms in total. The van der Waals surface area contributed by atoms with Crippen LogP contribution in [0.25, 0.3) is 0 Å². The van der Waals surface area contributed by atoms with Gasteiger partial charge in [-0.05, 0) is 12.1 Å². The Bertz CT molecular complexity index is 375. The summed E-state index contributed by atoms with van der Waals surface area (Å²) < 4.78 is 5.06. The number of benzene rings is 1. The van der Waals surface area contributed by atoms with Gasteiger partial charge in [-0.25, -0.2) is 4.79 Å². The van der Waals surface area contributed by atoms with Gasteiger partial charge in [-0.2, -0.15) is 0 Å². The fraction of sp³-hybridized carbons (Fsp3) is 0.200. The van der Waals surface area contributed by atoms with Gasteiger partial charge in [0.1, 0.15) is 11.3 Å². The van der Waals surface area contributed by atoms with Crippen molar-refractivity contribution >= 4 is 11.9 Å². The molecular weight excluding hydrogens is 198 g/mol. The predicted molar refractivity (Wildman–Crippen MR) is 53.0 cm³/mol. The van der Waals surface area contributed by atoms with E-state index in [-0.39, 0.29) is 23.8 Å². The highest BCUT2D eigenvalue weighted by Gasteiger charge is 2.10. The van der Waals surface area contributed by atoms with Gasteiger partial charge in [0.05, 0.1) is 0 Å². The second-order valence-electron chi connectivity index (χ2n) is 2.76. The first kappa shape index (κ1) is 11.0. The number of amides is 1. The van der Waals surface area contributed by atoms with Crippen molar-refractivity contribution in [2.24, 2.45) is 0 Å². The Morgan fingerprint density at radius 3 is 2.67 bits per heavy atom. The van der Waals surface area contributed by atoms with E-state index in [9.17, 15) is 9.59 Å². The average Bonchev–Trinajstić information content (AvgIpc) is 2.26. The Balaban J connectivity index is 2.76. The van der Waals surface area contributed by atoms with E-state index in [4.69, 9.17) is 9.84 Å². The summed E-state index contributed by atoms with van der Waals surface area (Å²) in [6.45, 7) is -0.194. The molecule has 0 radical (unpaired) electrons. The van der Waals surface area contributed by atoms with Crippen molar-refractivity contribution in [1.82, 2.24) is 5.32 Å². The van der Waals surface area contributed by atoms with Crippen LogP contribution in [-0.2, 0) is 4.79 Å². The maximum Gasteiger partial charge on any atom is 0.339 e. The Labute approximate surface area is 86.7 Å². The number of carbonyl (C=O) groups excluding carboxylic acids is 1. The van der Waals surface area contributed by atoms with Crippen LogP contribution < -0.4 is 10.1 Å². The predicted octanol–water partition coefficient (Wildman–Crippen LogP) is 0.510. The van der Waals surface area contributed by atoms with Gasteiger partial charge >= 0.3 is 5.97 Å². The van der Waals surface area contributed by atoms with E-state index in [1.165, 1.54) is 19.2 Å². The molecule has 1 aromatic carbocycles. The van der Waals surface area contributed by atoms with Crippen molar-refractivity contribution in [1.29, 1.82) is 0 Å². The first-order valence-corrected chi connectivity index (χ1v) is 4.31. The van der Waals surface area contributed by atoms with Crippen molar-refractivity contribution in [3.8, 4) is 5.75 Å². The molecule has 1 rings (SSSR count). The molecule has 0 spiro atoms. The van der Waals surface area contributed by atoms with Crippen LogP contribution in [0.4, 0.5) is 0 Å². The zero-order chi connectivity index (χ0) is 11.3. The molecule has 0 atom stereocenters. The van der Waals surface area contributed by atoms with Crippen LogP contribution in [-0.4, -0.2) is 30.6 Å². The number of hydrogen-bond donors (Lipinski definition) is 2. The number of nitrogens with one attached hydrogen (secondary N) is 1. The summed E-state index contributed by atoms with van der Waals surface area (Å²) in [6.07, 6.45) is 0. The van der Waals surface area contributed by atoms with Crippen molar-refractivity contribution < 1.29 is 19.4 Å². The lowest BCUT2D eigenvalue weighted by atomic mass is 10.2. The molecule has 0 unspecified atom stereocenters. The number of ether oxygens (including phenoxy) is 1. The number of carbonyl (C=O) groups is 2. The summed E-state index contributed by atoms with van der Waals surface area (Å²) in [4.78, 5) is 21.6. The van der Waals surface area contributed by atoms with Crippen molar-refractivity contribution in [3.05, 3.63) is 29.8 Å². The monoisotopic (exact) mass is 209 g/mol. The number of aromatic carboxylic acids is 1. The minimum absolute atomic E-state index is 0.0430. The van der Waals surface area contributed by atoms with Crippen LogP contribution in [0.3, 0.4) is 0 Å². The largest absolute Gasteiger partial charge is 0.483 e. The van der Waals surface area contributed by atoms with Crippen molar-refractivity contribution in [2.45, 2.75) is 0 Å². The van der Waals surface area contributed by atoms with Crippen LogP contribution in [0.15, 0.2) is 24.3 Å². The van der Waals surface area contributed by atoms with Gasteiger partial charge in [-0.15, -0.1) is 0 Å². The van der Waals surface area contributed by atoms with Crippen LogP contribution >= 0.6 is 0 Å². The first-order chi connectivity index (χ1) is 7.15. The highest BCUT2D eigenvalue weighted by Crippen LogP contribution is 2.17. The summed E-state index contributed by atoms with van der Waals surface area (Å²) in [5, 5.41) is 11.2. The number of carboxylic acids is 1. The quantitative estimate of drug-likeness (QED) is 0.757. The molecular formula is C10H11NO4. The zero-order valence-corrected chi connectivity index (χ0v) is 8.19. The fourth-order valence-corrected chi connectivity index (χ4v) is 0.985. The molecule has 0 aliphatic carbocycles. The molecule has 1 amide bonds. The summed E-state index contributed by atoms with van der Waals surface area (Å²) >= 11 is 0. The van der Waals surface area contributed by atoms with Crippen LogP contribution in [0, 0.1) is 0 Å². The lowest BCUT2D eigenvalue weighted by Gasteiger charge is -2.07. The number of carboxylic acid groups (broad SMARTS) is 1. The third-order valence-corrected chi connectivity index (χ3v) is 1.76. The molecule has 0 aliphatic rings. The van der Waals surface area contributed by atoms with Gasteiger partial charge in [0.15, 0.2) is 6.61 Å². The SMILES string of the molecule is CNC(=O)COc1ccccc1C(=O)O. The lowest BCUT2D eigenvalue weighted by Crippen LogP contribution is -2.25. The minimum atomic E-state index is -1.08. The summed E-state index contributed by atoms with van der Waals surface area (Å²) in [7, 11) is 1.48. The Morgan fingerprint density at radius 1 is 1.40 bits per heavy atom. The third-order valence-electron chi connectivity index (χ3n) is 1.76. The second-order valence-corrected chi connectivity index (χ2v) is 2.76. The molecule has 5 heteroatoms. The molecule has 80 valence electrons. The van der Waals surface area contributed by atoms with Crippen LogP contribution in [0.2, 0.25) is 0 Å².